The zero-order valence-corrected chi connectivity index (χ0v) is 13.3. The van der Waals surface area contributed by atoms with Crippen molar-refractivity contribution in [2.24, 2.45) is 0 Å². The van der Waals surface area contributed by atoms with Gasteiger partial charge < -0.3 is 10.2 Å². The van der Waals surface area contributed by atoms with E-state index in [0.29, 0.717) is 12.2 Å². The summed E-state index contributed by atoms with van der Waals surface area (Å²) in [5.41, 5.74) is 1.22. The summed E-state index contributed by atoms with van der Waals surface area (Å²) in [6.07, 6.45) is 5.72. The van der Waals surface area contributed by atoms with E-state index >= 15 is 0 Å². The predicted octanol–water partition coefficient (Wildman–Crippen LogP) is 2.54. The molecule has 1 fully saturated rings. The molecule has 0 aliphatic carbocycles. The summed E-state index contributed by atoms with van der Waals surface area (Å²) in [6.45, 7) is 3.46. The van der Waals surface area contributed by atoms with Gasteiger partial charge in [-0.1, -0.05) is 24.3 Å². The molecule has 1 aliphatic heterocycles. The molecule has 1 aliphatic rings. The summed E-state index contributed by atoms with van der Waals surface area (Å²) in [6, 6.07) is 10.6. The summed E-state index contributed by atoms with van der Waals surface area (Å²) < 4.78 is 0. The number of carboxylic acids is 2. The Morgan fingerprint density at radius 1 is 1.04 bits per heavy atom. The van der Waals surface area contributed by atoms with Gasteiger partial charge in [-0.15, -0.1) is 0 Å². The van der Waals surface area contributed by atoms with Crippen molar-refractivity contribution < 1.29 is 19.8 Å². The van der Waals surface area contributed by atoms with Crippen LogP contribution >= 0.6 is 0 Å². The van der Waals surface area contributed by atoms with Gasteiger partial charge in [0.1, 0.15) is 0 Å². The van der Waals surface area contributed by atoms with Crippen molar-refractivity contribution in [2.45, 2.75) is 19.4 Å². The molecular formula is C18H20N2O4. The Kier molecular flexibility index (Phi) is 6.45. The summed E-state index contributed by atoms with van der Waals surface area (Å²) in [5.74, 6) is -2.51. The van der Waals surface area contributed by atoms with Gasteiger partial charge in [0.2, 0.25) is 0 Å². The average Bonchev–Trinajstić information content (AvgIpc) is 3.07. The van der Waals surface area contributed by atoms with Gasteiger partial charge in [0.25, 0.3) is 0 Å². The van der Waals surface area contributed by atoms with Crippen LogP contribution in [0.2, 0.25) is 0 Å². The molecule has 0 unspecified atom stereocenters. The molecule has 0 amide bonds. The van der Waals surface area contributed by atoms with E-state index in [9.17, 15) is 9.59 Å². The average molecular weight is 328 g/mol. The molecule has 2 aromatic rings. The standard InChI is InChI=1S/C14H16N2.C4H4O4/c1-2-6-13-12(5-1)7-8-15-14(13)11-16-9-3-4-10-16;5-3(6)1-2-4(7)8/h1-2,5-8H,3-4,9-11H2;1-2H,(H,5,6)(H,7,8). The lowest BCUT2D eigenvalue weighted by Crippen LogP contribution is -2.19. The Morgan fingerprint density at radius 3 is 2.29 bits per heavy atom. The highest BCUT2D eigenvalue weighted by atomic mass is 16.4. The third-order valence-corrected chi connectivity index (χ3v) is 3.70. The first-order valence-corrected chi connectivity index (χ1v) is 7.75. The molecule has 1 aromatic carbocycles. The van der Waals surface area contributed by atoms with Crippen molar-refractivity contribution in [2.75, 3.05) is 13.1 Å². The lowest BCUT2D eigenvalue weighted by Gasteiger charge is -2.15. The summed E-state index contributed by atoms with van der Waals surface area (Å²) in [5, 5.41) is 18.2. The van der Waals surface area contributed by atoms with E-state index in [1.54, 1.807) is 0 Å². The van der Waals surface area contributed by atoms with Crippen molar-refractivity contribution in [3.8, 4) is 0 Å². The van der Waals surface area contributed by atoms with Crippen LogP contribution < -0.4 is 0 Å². The van der Waals surface area contributed by atoms with Crippen molar-refractivity contribution >= 4 is 22.7 Å². The van der Waals surface area contributed by atoms with Gasteiger partial charge in [0.15, 0.2) is 0 Å². The van der Waals surface area contributed by atoms with Crippen LogP contribution in [0.15, 0.2) is 48.7 Å². The van der Waals surface area contributed by atoms with Gasteiger partial charge in [0, 0.05) is 30.3 Å². The normalized spacial score (nSPS) is 14.5. The van der Waals surface area contributed by atoms with E-state index in [1.807, 2.05) is 6.20 Å². The molecule has 24 heavy (non-hydrogen) atoms. The topological polar surface area (TPSA) is 90.7 Å². The minimum absolute atomic E-state index is 0.558. The van der Waals surface area contributed by atoms with Crippen molar-refractivity contribution in [1.82, 2.24) is 9.88 Å². The molecular weight excluding hydrogens is 308 g/mol. The molecule has 0 atom stereocenters. The van der Waals surface area contributed by atoms with Crippen LogP contribution in [0.3, 0.4) is 0 Å². The van der Waals surface area contributed by atoms with Crippen LogP contribution in [-0.4, -0.2) is 45.1 Å². The smallest absolute Gasteiger partial charge is 0.328 e. The maximum atomic E-state index is 9.55. The largest absolute Gasteiger partial charge is 0.478 e. The second-order valence-corrected chi connectivity index (χ2v) is 5.47. The number of carbonyl (C=O) groups is 2. The Labute approximate surface area is 140 Å². The van der Waals surface area contributed by atoms with Crippen molar-refractivity contribution in [3.05, 3.63) is 54.4 Å². The van der Waals surface area contributed by atoms with E-state index < -0.39 is 11.9 Å². The fourth-order valence-corrected chi connectivity index (χ4v) is 2.60. The molecule has 1 saturated heterocycles. The van der Waals surface area contributed by atoms with Crippen molar-refractivity contribution in [1.29, 1.82) is 0 Å². The molecule has 2 heterocycles. The van der Waals surface area contributed by atoms with E-state index in [2.05, 4.69) is 40.2 Å². The third kappa shape index (κ3) is 5.48. The Morgan fingerprint density at radius 2 is 1.67 bits per heavy atom. The van der Waals surface area contributed by atoms with Crippen LogP contribution in [0.4, 0.5) is 0 Å². The number of aromatic nitrogens is 1. The zero-order valence-electron chi connectivity index (χ0n) is 13.3. The number of hydrogen-bond acceptors (Lipinski definition) is 4. The minimum Gasteiger partial charge on any atom is -0.478 e. The van der Waals surface area contributed by atoms with E-state index in [4.69, 9.17) is 10.2 Å². The highest BCUT2D eigenvalue weighted by Gasteiger charge is 2.13. The summed E-state index contributed by atoms with van der Waals surface area (Å²) in [4.78, 5) is 26.1. The number of hydrogen-bond donors (Lipinski definition) is 2. The van der Waals surface area contributed by atoms with E-state index in [0.717, 1.165) is 6.54 Å². The molecule has 0 saturated carbocycles. The zero-order chi connectivity index (χ0) is 17.4. The van der Waals surface area contributed by atoms with Gasteiger partial charge in [0.05, 0.1) is 5.69 Å². The van der Waals surface area contributed by atoms with Crippen LogP contribution in [-0.2, 0) is 16.1 Å². The Bertz CT molecular complexity index is 715. The summed E-state index contributed by atoms with van der Waals surface area (Å²) >= 11 is 0. The van der Waals surface area contributed by atoms with Crippen LogP contribution in [0.25, 0.3) is 10.8 Å². The molecule has 2 N–H and O–H groups in total. The molecule has 1 aromatic heterocycles. The number of likely N-dealkylation sites (tertiary alicyclic amines) is 1. The maximum Gasteiger partial charge on any atom is 0.328 e. The van der Waals surface area contributed by atoms with Gasteiger partial charge in [-0.25, -0.2) is 9.59 Å². The number of nitrogens with zero attached hydrogens (tertiary/aromatic N) is 2. The number of carboxylic acid groups (broad SMARTS) is 2. The van der Waals surface area contributed by atoms with Crippen LogP contribution in [0.5, 0.6) is 0 Å². The first kappa shape index (κ1) is 17.6. The summed E-state index contributed by atoms with van der Waals surface area (Å²) in [7, 11) is 0. The van der Waals surface area contributed by atoms with Crippen LogP contribution in [0, 0.1) is 0 Å². The van der Waals surface area contributed by atoms with E-state index in [1.165, 1.54) is 42.4 Å². The monoisotopic (exact) mass is 328 g/mol. The maximum absolute atomic E-state index is 9.55. The number of benzene rings is 1. The Balaban J connectivity index is 0.000000224. The Hall–Kier alpha value is -2.73. The first-order chi connectivity index (χ1) is 11.6. The van der Waals surface area contributed by atoms with Gasteiger partial charge >= 0.3 is 11.9 Å². The quantitative estimate of drug-likeness (QED) is 0.838. The third-order valence-electron chi connectivity index (χ3n) is 3.70. The predicted molar refractivity (Wildman–Crippen MR) is 90.7 cm³/mol. The highest BCUT2D eigenvalue weighted by molar-refractivity contribution is 5.89. The number of fused-ring (bicyclic) bond motifs is 1. The fourth-order valence-electron chi connectivity index (χ4n) is 2.60. The van der Waals surface area contributed by atoms with Crippen LogP contribution in [0.1, 0.15) is 18.5 Å². The van der Waals surface area contributed by atoms with Gasteiger partial charge in [-0.3, -0.25) is 9.88 Å². The van der Waals surface area contributed by atoms with Gasteiger partial charge in [-0.05, 0) is 37.4 Å². The number of pyridine rings is 1. The van der Waals surface area contributed by atoms with Crippen molar-refractivity contribution in [3.63, 3.8) is 0 Å². The SMILES string of the molecule is O=C(O)C=CC(=O)O.c1ccc2c(CN3CCCC3)nccc2c1. The molecule has 0 radical (unpaired) electrons. The molecule has 0 spiro atoms. The molecule has 3 rings (SSSR count). The van der Waals surface area contributed by atoms with E-state index in [-0.39, 0.29) is 0 Å². The first-order valence-electron chi connectivity index (χ1n) is 7.75. The second kappa shape index (κ2) is 8.79. The fraction of sp³-hybridized carbons (Fsp3) is 0.278. The minimum atomic E-state index is -1.26. The highest BCUT2D eigenvalue weighted by Crippen LogP contribution is 2.19. The molecule has 6 nitrogen and oxygen atoms in total. The lowest BCUT2D eigenvalue weighted by atomic mass is 10.1. The molecule has 0 bridgehead atoms. The number of rotatable bonds is 4. The van der Waals surface area contributed by atoms with Gasteiger partial charge in [-0.2, -0.15) is 0 Å². The molecule has 6 heteroatoms. The second-order valence-electron chi connectivity index (χ2n) is 5.47. The lowest BCUT2D eigenvalue weighted by molar-refractivity contribution is -0.134. The number of aliphatic carboxylic acids is 2. The molecule has 126 valence electrons.